The van der Waals surface area contributed by atoms with Crippen LogP contribution in [-0.4, -0.2) is 35.6 Å². The summed E-state index contributed by atoms with van der Waals surface area (Å²) in [5.74, 6) is 0.907. The molecule has 2 aromatic rings. The lowest BCUT2D eigenvalue weighted by Crippen LogP contribution is -2.52. The number of thiazole rings is 1. The lowest BCUT2D eigenvalue weighted by atomic mass is 9.80. The van der Waals surface area contributed by atoms with Gasteiger partial charge in [0.1, 0.15) is 10.8 Å². The third kappa shape index (κ3) is 5.57. The summed E-state index contributed by atoms with van der Waals surface area (Å²) >= 11 is 1.71. The molecule has 2 N–H and O–H groups in total. The molecule has 1 saturated heterocycles. The van der Waals surface area contributed by atoms with Gasteiger partial charge in [0.2, 0.25) is 0 Å². The number of halogens is 2. The fourth-order valence-corrected chi connectivity index (χ4v) is 4.04. The zero-order valence-corrected chi connectivity index (χ0v) is 18.1. The highest BCUT2D eigenvalue weighted by atomic mass is 35.5. The van der Waals surface area contributed by atoms with Crippen molar-refractivity contribution in [3.05, 3.63) is 35.3 Å². The van der Waals surface area contributed by atoms with Gasteiger partial charge < -0.3 is 10.5 Å². The number of hydrogen-bond donors (Lipinski definition) is 1. The highest BCUT2D eigenvalue weighted by Gasteiger charge is 2.33. The van der Waals surface area contributed by atoms with Crippen LogP contribution < -0.4 is 10.5 Å². The number of likely N-dealkylation sites (tertiary alicyclic amines) is 1. The molecule has 0 amide bonds. The summed E-state index contributed by atoms with van der Waals surface area (Å²) in [5.41, 5.74) is 8.70. The molecule has 26 heavy (non-hydrogen) atoms. The molecule has 3 rings (SSSR count). The van der Waals surface area contributed by atoms with Crippen LogP contribution in [0.25, 0.3) is 10.6 Å². The van der Waals surface area contributed by atoms with Crippen LogP contribution in [0.2, 0.25) is 0 Å². The van der Waals surface area contributed by atoms with Crippen LogP contribution in [0.15, 0.2) is 29.6 Å². The minimum atomic E-state index is 0. The van der Waals surface area contributed by atoms with Crippen molar-refractivity contribution in [2.24, 2.45) is 11.1 Å². The monoisotopic (exact) mass is 417 g/mol. The van der Waals surface area contributed by atoms with E-state index < -0.39 is 0 Å². The third-order valence-electron chi connectivity index (χ3n) is 4.74. The van der Waals surface area contributed by atoms with Crippen LogP contribution in [-0.2, 0) is 6.54 Å². The van der Waals surface area contributed by atoms with Gasteiger partial charge in [0, 0.05) is 36.6 Å². The van der Waals surface area contributed by atoms with Crippen LogP contribution in [0.3, 0.4) is 0 Å². The number of benzene rings is 1. The van der Waals surface area contributed by atoms with E-state index in [1.165, 1.54) is 0 Å². The van der Waals surface area contributed by atoms with Crippen molar-refractivity contribution in [1.29, 1.82) is 0 Å². The number of hydrogen-bond acceptors (Lipinski definition) is 5. The van der Waals surface area contributed by atoms with E-state index in [0.29, 0.717) is 12.6 Å². The molecule has 0 radical (unpaired) electrons. The number of rotatable bonds is 5. The van der Waals surface area contributed by atoms with Crippen molar-refractivity contribution >= 4 is 36.2 Å². The molecule has 146 valence electrons. The van der Waals surface area contributed by atoms with Gasteiger partial charge in [-0.15, -0.1) is 36.2 Å². The second kappa shape index (κ2) is 9.90. The van der Waals surface area contributed by atoms with Gasteiger partial charge in [0.25, 0.3) is 0 Å². The molecule has 1 aliphatic rings. The van der Waals surface area contributed by atoms with E-state index in [9.17, 15) is 0 Å². The Kier molecular flexibility index (Phi) is 8.83. The van der Waals surface area contributed by atoms with Crippen LogP contribution in [0, 0.1) is 5.41 Å². The highest BCUT2D eigenvalue weighted by Crippen LogP contribution is 2.30. The Morgan fingerprint density at radius 3 is 2.58 bits per heavy atom. The molecule has 4 nitrogen and oxygen atoms in total. The first-order chi connectivity index (χ1) is 11.5. The standard InChI is InChI=1S/C19H27N3OS.2ClH/c1-4-23-16-7-5-14(6-8-16)18-21-15(12-24-18)11-22-10-9-17(20)19(2,3)13-22;;/h5-8,12,17H,4,9-11,13,20H2,1-3H3;2*1H. The summed E-state index contributed by atoms with van der Waals surface area (Å²) in [6.07, 6.45) is 1.06. The Bertz CT molecular complexity index is 676. The molecule has 1 aromatic carbocycles. The highest BCUT2D eigenvalue weighted by molar-refractivity contribution is 7.13. The van der Waals surface area contributed by atoms with Crippen LogP contribution >= 0.6 is 36.2 Å². The zero-order valence-electron chi connectivity index (χ0n) is 15.6. The Balaban J connectivity index is 0.00000169. The van der Waals surface area contributed by atoms with Crippen molar-refractivity contribution in [2.45, 2.75) is 39.8 Å². The van der Waals surface area contributed by atoms with Crippen molar-refractivity contribution in [1.82, 2.24) is 9.88 Å². The average molecular weight is 418 g/mol. The third-order valence-corrected chi connectivity index (χ3v) is 5.68. The van der Waals surface area contributed by atoms with Crippen molar-refractivity contribution in [2.75, 3.05) is 19.7 Å². The van der Waals surface area contributed by atoms with Gasteiger partial charge in [0.15, 0.2) is 0 Å². The summed E-state index contributed by atoms with van der Waals surface area (Å²) in [4.78, 5) is 7.29. The smallest absolute Gasteiger partial charge is 0.123 e. The maximum absolute atomic E-state index is 6.23. The molecule has 0 spiro atoms. The lowest BCUT2D eigenvalue weighted by molar-refractivity contribution is 0.0891. The minimum Gasteiger partial charge on any atom is -0.494 e. The molecule has 1 aliphatic heterocycles. The molecule has 0 saturated carbocycles. The quantitative estimate of drug-likeness (QED) is 0.771. The first-order valence-corrected chi connectivity index (χ1v) is 9.51. The maximum atomic E-state index is 6.23. The predicted molar refractivity (Wildman–Crippen MR) is 115 cm³/mol. The summed E-state index contributed by atoms with van der Waals surface area (Å²) < 4.78 is 5.50. The SMILES string of the molecule is CCOc1ccc(-c2nc(CN3CCC(N)C(C)(C)C3)cs2)cc1.Cl.Cl. The van der Waals surface area contributed by atoms with Crippen LogP contribution in [0.1, 0.15) is 32.9 Å². The second-order valence-corrected chi connectivity index (χ2v) is 8.05. The van der Waals surface area contributed by atoms with E-state index in [4.69, 9.17) is 15.5 Å². The van der Waals surface area contributed by atoms with E-state index in [1.807, 2.05) is 19.1 Å². The van der Waals surface area contributed by atoms with Crippen LogP contribution in [0.4, 0.5) is 0 Å². The predicted octanol–water partition coefficient (Wildman–Crippen LogP) is 4.61. The Morgan fingerprint density at radius 1 is 1.27 bits per heavy atom. The molecule has 0 bridgehead atoms. The number of piperidine rings is 1. The Labute approximate surface area is 173 Å². The Hall–Kier alpha value is -0.850. The average Bonchev–Trinajstić information content (AvgIpc) is 3.00. The maximum Gasteiger partial charge on any atom is 0.123 e. The number of ether oxygens (including phenoxy) is 1. The molecule has 0 aliphatic carbocycles. The fourth-order valence-electron chi connectivity index (χ4n) is 3.22. The fraction of sp³-hybridized carbons (Fsp3) is 0.526. The molecule has 1 unspecified atom stereocenters. The van der Waals surface area contributed by atoms with Crippen molar-refractivity contribution in [3.63, 3.8) is 0 Å². The zero-order chi connectivity index (χ0) is 17.2. The number of aromatic nitrogens is 1. The molecule has 1 fully saturated rings. The van der Waals surface area contributed by atoms with Gasteiger partial charge >= 0.3 is 0 Å². The van der Waals surface area contributed by atoms with Gasteiger partial charge in [-0.25, -0.2) is 4.98 Å². The lowest BCUT2D eigenvalue weighted by Gasteiger charge is -2.42. The topological polar surface area (TPSA) is 51.4 Å². The van der Waals surface area contributed by atoms with E-state index in [0.717, 1.165) is 48.1 Å². The summed E-state index contributed by atoms with van der Waals surface area (Å²) in [5, 5.41) is 3.24. The molecule has 1 aromatic heterocycles. The van der Waals surface area contributed by atoms with Gasteiger partial charge in [-0.05, 0) is 43.0 Å². The van der Waals surface area contributed by atoms with E-state index in [2.05, 4.69) is 36.3 Å². The normalized spacial score (nSPS) is 19.3. The largest absolute Gasteiger partial charge is 0.494 e. The molecular formula is C19H29Cl2N3OS. The number of nitrogens with two attached hydrogens (primary N) is 1. The summed E-state index contributed by atoms with van der Waals surface area (Å²) in [6.45, 7) is 10.2. The van der Waals surface area contributed by atoms with Gasteiger partial charge in [-0.2, -0.15) is 0 Å². The molecule has 1 atom stereocenters. The van der Waals surface area contributed by atoms with Crippen molar-refractivity contribution in [3.8, 4) is 16.3 Å². The first kappa shape index (κ1) is 23.2. The van der Waals surface area contributed by atoms with Gasteiger partial charge in [-0.3, -0.25) is 4.90 Å². The molecule has 7 heteroatoms. The minimum absolute atomic E-state index is 0. The van der Waals surface area contributed by atoms with Gasteiger partial charge in [0.05, 0.1) is 12.3 Å². The summed E-state index contributed by atoms with van der Waals surface area (Å²) in [7, 11) is 0. The first-order valence-electron chi connectivity index (χ1n) is 8.63. The Morgan fingerprint density at radius 2 is 1.96 bits per heavy atom. The second-order valence-electron chi connectivity index (χ2n) is 7.20. The van der Waals surface area contributed by atoms with Crippen LogP contribution in [0.5, 0.6) is 5.75 Å². The van der Waals surface area contributed by atoms with E-state index in [1.54, 1.807) is 11.3 Å². The van der Waals surface area contributed by atoms with E-state index in [-0.39, 0.29) is 30.2 Å². The summed E-state index contributed by atoms with van der Waals surface area (Å²) in [6, 6.07) is 8.47. The van der Waals surface area contributed by atoms with E-state index >= 15 is 0 Å². The van der Waals surface area contributed by atoms with Gasteiger partial charge in [-0.1, -0.05) is 13.8 Å². The molecule has 2 heterocycles. The molecular weight excluding hydrogens is 389 g/mol. The number of nitrogens with zero attached hydrogens (tertiary/aromatic N) is 2. The van der Waals surface area contributed by atoms with Crippen molar-refractivity contribution < 1.29 is 4.74 Å².